The van der Waals surface area contributed by atoms with Crippen LogP contribution in [0.15, 0.2) is 50.5 Å². The zero-order valence-electron chi connectivity index (χ0n) is 21.4. The van der Waals surface area contributed by atoms with Crippen LogP contribution >= 0.6 is 12.0 Å². The lowest BCUT2D eigenvalue weighted by atomic mass is 10.3. The van der Waals surface area contributed by atoms with Crippen LogP contribution in [0.25, 0.3) is 11.6 Å². The van der Waals surface area contributed by atoms with Gasteiger partial charge in [0, 0.05) is 6.54 Å². The first-order chi connectivity index (χ1) is 19.8. The molecule has 0 aliphatic carbocycles. The van der Waals surface area contributed by atoms with Crippen LogP contribution in [0.2, 0.25) is 0 Å². The zero-order valence-corrected chi connectivity index (χ0v) is 23.9. The fourth-order valence-corrected chi connectivity index (χ4v) is 4.50. The molecule has 0 fully saturated rings. The van der Waals surface area contributed by atoms with Crippen molar-refractivity contribution in [3.63, 3.8) is 0 Å². The van der Waals surface area contributed by atoms with Crippen LogP contribution in [0, 0.1) is 6.92 Å². The van der Waals surface area contributed by atoms with Crippen molar-refractivity contribution in [2.45, 2.75) is 16.7 Å². The average Bonchev–Trinajstić information content (AvgIpc) is 3.44. The Bertz CT molecular complexity index is 1840. The molecular weight excluding hydrogens is 622 g/mol. The highest BCUT2D eigenvalue weighted by Crippen LogP contribution is 2.36. The van der Waals surface area contributed by atoms with Gasteiger partial charge < -0.3 is 16.2 Å². The molecule has 1 aromatic carbocycles. The minimum Gasteiger partial charge on any atom is -0.479 e. The van der Waals surface area contributed by atoms with Crippen LogP contribution < -0.4 is 11.1 Å². The molecule has 0 saturated carbocycles. The van der Waals surface area contributed by atoms with Gasteiger partial charge in [-0.05, 0) is 31.2 Å². The number of azo groups is 1. The van der Waals surface area contributed by atoms with E-state index >= 15 is 0 Å². The van der Waals surface area contributed by atoms with E-state index in [1.807, 2.05) is 0 Å². The Morgan fingerprint density at radius 2 is 1.79 bits per heavy atom. The maximum absolute atomic E-state index is 11.4. The number of nitrogens with zero attached hydrogens (tertiary/aromatic N) is 9. The number of hydrogen-bond donors (Lipinski definition) is 5. The van der Waals surface area contributed by atoms with Gasteiger partial charge in [0.15, 0.2) is 17.3 Å². The van der Waals surface area contributed by atoms with E-state index in [1.165, 1.54) is 42.3 Å². The molecule has 20 nitrogen and oxygen atoms in total. The van der Waals surface area contributed by atoms with E-state index in [0.29, 0.717) is 10.6 Å². The quantitative estimate of drug-likeness (QED) is 0.0479. The number of aryl methyl sites for hydroxylation is 1. The van der Waals surface area contributed by atoms with Crippen LogP contribution in [0.3, 0.4) is 0 Å². The molecule has 0 saturated heterocycles. The summed E-state index contributed by atoms with van der Waals surface area (Å²) in [4.78, 5) is 16.1. The lowest BCUT2D eigenvalue weighted by molar-refractivity contribution is -0.160. The Labute approximate surface area is 241 Å². The summed E-state index contributed by atoms with van der Waals surface area (Å²) in [6.07, 6.45) is 1.39. The molecule has 0 amide bonds. The van der Waals surface area contributed by atoms with Crippen molar-refractivity contribution in [2.75, 3.05) is 30.5 Å². The summed E-state index contributed by atoms with van der Waals surface area (Å²) in [5.74, 6) is -1.09. The minimum atomic E-state index is -4.41. The summed E-state index contributed by atoms with van der Waals surface area (Å²) in [5.41, 5.74) is 6.94. The molecule has 4 aromatic rings. The van der Waals surface area contributed by atoms with Gasteiger partial charge in [-0.15, -0.1) is 10.2 Å². The molecule has 3 aromatic heterocycles. The van der Waals surface area contributed by atoms with Gasteiger partial charge in [0.2, 0.25) is 5.95 Å². The topological polar surface area (TPSA) is 285 Å². The first-order valence-corrected chi connectivity index (χ1v) is 15.0. The molecule has 0 bridgehead atoms. The molecule has 224 valence electrons. The van der Waals surface area contributed by atoms with Gasteiger partial charge in [-0.3, -0.25) is 9.11 Å². The lowest BCUT2D eigenvalue weighted by Crippen LogP contribution is -2.17. The van der Waals surface area contributed by atoms with Crippen molar-refractivity contribution in [1.29, 1.82) is 0 Å². The molecular formula is C19H21N11O9S3. The molecule has 3 heterocycles. The van der Waals surface area contributed by atoms with Crippen LogP contribution in [0.5, 0.6) is 6.01 Å². The summed E-state index contributed by atoms with van der Waals surface area (Å²) < 4.78 is 70.1. The van der Waals surface area contributed by atoms with E-state index in [1.54, 1.807) is 6.92 Å². The highest BCUT2D eigenvalue weighted by Gasteiger charge is 2.20. The summed E-state index contributed by atoms with van der Waals surface area (Å²) in [7, 11) is -7.37. The number of aromatic hydroxyl groups is 1. The first-order valence-electron chi connectivity index (χ1n) is 11.2. The molecule has 0 atom stereocenters. The first kappa shape index (κ1) is 30.7. The lowest BCUT2D eigenvalue weighted by Gasteiger charge is -2.07. The van der Waals surface area contributed by atoms with Gasteiger partial charge in [0.25, 0.3) is 26.2 Å². The minimum absolute atomic E-state index is 0.0777. The van der Waals surface area contributed by atoms with Crippen LogP contribution in [0.1, 0.15) is 5.69 Å². The van der Waals surface area contributed by atoms with Crippen LogP contribution in [-0.2, 0) is 29.5 Å². The number of aromatic nitrogens is 7. The smallest absolute Gasteiger partial charge is 0.320 e. The third-order valence-corrected chi connectivity index (χ3v) is 7.29. The Balaban J connectivity index is 1.68. The normalized spacial score (nSPS) is 12.3. The maximum atomic E-state index is 11.4. The maximum Gasteiger partial charge on any atom is 0.320 e. The van der Waals surface area contributed by atoms with Crippen molar-refractivity contribution >= 4 is 55.6 Å². The Morgan fingerprint density at radius 1 is 1.07 bits per heavy atom. The zero-order chi connectivity index (χ0) is 30.7. The van der Waals surface area contributed by atoms with Gasteiger partial charge in [0.1, 0.15) is 4.90 Å². The summed E-state index contributed by atoms with van der Waals surface area (Å²) in [6, 6.07) is 4.39. The van der Waals surface area contributed by atoms with E-state index in [2.05, 4.69) is 45.6 Å². The van der Waals surface area contributed by atoms with Gasteiger partial charge in [-0.25, -0.2) is 9.57 Å². The molecule has 23 heteroatoms. The summed E-state index contributed by atoms with van der Waals surface area (Å²) in [6.45, 7) is 1.29. The largest absolute Gasteiger partial charge is 0.479 e. The van der Waals surface area contributed by atoms with Crippen molar-refractivity contribution in [3.05, 3.63) is 36.2 Å². The summed E-state index contributed by atoms with van der Waals surface area (Å²) >= 11 is 0.764. The van der Waals surface area contributed by atoms with E-state index in [-0.39, 0.29) is 46.4 Å². The molecule has 0 spiro atoms. The summed E-state index contributed by atoms with van der Waals surface area (Å²) in [5, 5.41) is 29.3. The number of hydrogen-bond acceptors (Lipinski definition) is 17. The number of nitrogens with two attached hydrogens (primary N) is 1. The highest BCUT2D eigenvalue weighted by atomic mass is 32.2. The van der Waals surface area contributed by atoms with Crippen LogP contribution in [-0.4, -0.2) is 85.0 Å². The molecule has 0 unspecified atom stereocenters. The number of benzene rings is 1. The van der Waals surface area contributed by atoms with E-state index in [0.717, 1.165) is 16.7 Å². The van der Waals surface area contributed by atoms with Gasteiger partial charge >= 0.3 is 6.01 Å². The number of rotatable bonds is 12. The van der Waals surface area contributed by atoms with E-state index in [9.17, 15) is 26.5 Å². The van der Waals surface area contributed by atoms with E-state index < -0.39 is 32.0 Å². The Morgan fingerprint density at radius 3 is 2.43 bits per heavy atom. The molecule has 0 radical (unpaired) electrons. The van der Waals surface area contributed by atoms with Crippen LogP contribution in [0.4, 0.5) is 23.3 Å². The highest BCUT2D eigenvalue weighted by molar-refractivity contribution is 7.94. The third kappa shape index (κ3) is 7.32. The van der Waals surface area contributed by atoms with Gasteiger partial charge in [0.05, 0.1) is 47.4 Å². The molecule has 42 heavy (non-hydrogen) atoms. The Kier molecular flexibility index (Phi) is 9.00. The van der Waals surface area contributed by atoms with E-state index in [4.69, 9.17) is 14.6 Å². The van der Waals surface area contributed by atoms with Crippen molar-refractivity contribution < 1.29 is 40.3 Å². The van der Waals surface area contributed by atoms with Gasteiger partial charge in [-0.2, -0.15) is 51.0 Å². The second kappa shape index (κ2) is 12.3. The molecule has 4 rings (SSSR count). The van der Waals surface area contributed by atoms with Gasteiger partial charge in [-0.1, -0.05) is 0 Å². The second-order valence-electron chi connectivity index (χ2n) is 7.93. The predicted octanol–water partition coefficient (Wildman–Crippen LogP) is 1.39. The molecule has 0 aliphatic heterocycles. The second-order valence-corrected chi connectivity index (χ2v) is 11.7. The molecule has 0 aliphatic rings. The SMILES string of the molecule is COOSc1cnn(-c2ccc(S(=O)(=O)O)cc2)c1/N=N/c1c(C)nn(-c2nc(O)nc(NCCS(=O)(=O)O)n2)c1N. The Hall–Kier alpha value is -4.26. The predicted molar refractivity (Wildman–Crippen MR) is 144 cm³/mol. The fourth-order valence-electron chi connectivity index (χ4n) is 3.23. The number of anilines is 2. The van der Waals surface area contributed by atoms with Crippen molar-refractivity contribution in [3.8, 4) is 17.6 Å². The average molecular weight is 644 g/mol. The fraction of sp³-hybridized carbons (Fsp3) is 0.211. The number of nitrogen functional groups attached to an aromatic ring is 1. The molecule has 6 N–H and O–H groups in total. The van der Waals surface area contributed by atoms with Crippen molar-refractivity contribution in [2.24, 2.45) is 10.2 Å². The number of nitrogens with one attached hydrogen (secondary N) is 1. The third-order valence-electron chi connectivity index (χ3n) is 5.04. The van der Waals surface area contributed by atoms with Crippen molar-refractivity contribution in [1.82, 2.24) is 34.5 Å². The monoisotopic (exact) mass is 643 g/mol. The standard InChI is InChI=1S/C19H21N11O9S3/c1-10-14(15(20)30(28-10)18-23-17(24-19(31)25-18)21-7-8-41(32,33)34)26-27-16-13(40-39-38-2)9-22-29(16)11-3-5-12(6-4-11)42(35,36)37/h3-6,9H,7-8,20H2,1-2H3,(H,32,33,34)(H,35,36,37)(H2,21,23,24,25,31)/b27-26+.